The van der Waals surface area contributed by atoms with Crippen LogP contribution >= 0.6 is 22.7 Å². The van der Waals surface area contributed by atoms with Crippen LogP contribution < -0.4 is 0 Å². The fraction of sp³-hybridized carbons (Fsp3) is 0.606. The van der Waals surface area contributed by atoms with E-state index in [1.165, 1.54) is 197 Å². The molecule has 3 aromatic heterocycles. The van der Waals surface area contributed by atoms with Gasteiger partial charge in [0.15, 0.2) is 0 Å². The van der Waals surface area contributed by atoms with Crippen molar-refractivity contribution in [1.29, 1.82) is 0 Å². The van der Waals surface area contributed by atoms with Gasteiger partial charge >= 0.3 is 0 Å². The maximum atomic E-state index is 15.8. The molecule has 73 heavy (non-hydrogen) atoms. The fourth-order valence-corrected chi connectivity index (χ4v) is 14.0. The van der Waals surface area contributed by atoms with Crippen LogP contribution in [0.3, 0.4) is 0 Å². The van der Waals surface area contributed by atoms with Crippen LogP contribution in [-0.4, -0.2) is 39.3 Å². The maximum Gasteiger partial charge on any atom is 0.261 e. The molecule has 2 amide bonds. The second kappa shape index (κ2) is 29.4. The molecule has 5 nitrogen and oxygen atoms in total. The Labute approximate surface area is 451 Å². The summed E-state index contributed by atoms with van der Waals surface area (Å²) in [6, 6.07) is 22.8. The van der Waals surface area contributed by atoms with Gasteiger partial charge in [0.1, 0.15) is 0 Å². The van der Waals surface area contributed by atoms with E-state index >= 15 is 9.59 Å². The molecule has 5 heterocycles. The van der Waals surface area contributed by atoms with E-state index in [0.29, 0.717) is 36.1 Å². The summed E-state index contributed by atoms with van der Waals surface area (Å²) in [6.45, 7) is 18.2. The van der Waals surface area contributed by atoms with E-state index in [-0.39, 0.29) is 11.8 Å². The molecule has 0 fully saturated rings. The molecule has 2 aliphatic rings. The number of hydrogen-bond acceptors (Lipinski definition) is 4. The van der Waals surface area contributed by atoms with Crippen molar-refractivity contribution < 1.29 is 9.59 Å². The first-order valence-corrected chi connectivity index (χ1v) is 31.7. The summed E-state index contributed by atoms with van der Waals surface area (Å²) >= 11 is 3.51. The Kier molecular flexibility index (Phi) is 22.9. The van der Waals surface area contributed by atoms with Crippen molar-refractivity contribution in [3.8, 4) is 10.4 Å². The van der Waals surface area contributed by atoms with Crippen LogP contribution in [0.1, 0.15) is 235 Å². The van der Waals surface area contributed by atoms with Crippen LogP contribution in [-0.2, 0) is 16.1 Å². The van der Waals surface area contributed by atoms with Crippen molar-refractivity contribution >= 4 is 67.7 Å². The molecule has 0 spiro atoms. The number of carbonyl (C=O) groups excluding carboxylic acids is 2. The van der Waals surface area contributed by atoms with Crippen LogP contribution in [0.4, 0.5) is 0 Å². The highest BCUT2D eigenvalue weighted by atomic mass is 32.1. The Morgan fingerprint density at radius 3 is 1.33 bits per heavy atom. The quantitative estimate of drug-likeness (QED) is 0.0375. The van der Waals surface area contributed by atoms with E-state index in [9.17, 15) is 0 Å². The third-order valence-electron chi connectivity index (χ3n) is 16.3. The predicted molar refractivity (Wildman–Crippen MR) is 318 cm³/mol. The number of thiophene rings is 2. The molecule has 2 aliphatic heterocycles. The SMILES string of the molecule is CCCCCCCCC(CCCCCC)CN1C(=O)C2=C(c3ccc(-c4ccc5c6ccc(C)cc6n(CCCCCC)c5c4)s3)N(CC(CCCCCC)CCCCCCCC)C(=O)C2=C1c1ccc(C)s1. The maximum absolute atomic E-state index is 15.8. The normalized spacial score (nSPS) is 14.9. The topological polar surface area (TPSA) is 45.6 Å². The van der Waals surface area contributed by atoms with Crippen LogP contribution in [0.2, 0.25) is 0 Å². The molecule has 0 aliphatic carbocycles. The summed E-state index contributed by atoms with van der Waals surface area (Å²) in [4.78, 5) is 40.3. The van der Waals surface area contributed by atoms with Crippen molar-refractivity contribution in [3.63, 3.8) is 0 Å². The first-order chi connectivity index (χ1) is 35.7. The zero-order valence-corrected chi connectivity index (χ0v) is 48.5. The van der Waals surface area contributed by atoms with E-state index in [1.807, 2.05) is 0 Å². The summed E-state index contributed by atoms with van der Waals surface area (Å²) in [5.74, 6) is 0.864. The lowest BCUT2D eigenvalue weighted by atomic mass is 9.93. The summed E-state index contributed by atoms with van der Waals surface area (Å²) < 4.78 is 2.57. The van der Waals surface area contributed by atoms with E-state index in [0.717, 1.165) is 53.4 Å². The van der Waals surface area contributed by atoms with E-state index in [2.05, 4.69) is 123 Å². The van der Waals surface area contributed by atoms with Crippen molar-refractivity contribution in [2.45, 2.75) is 235 Å². The van der Waals surface area contributed by atoms with Crippen LogP contribution in [0, 0.1) is 25.7 Å². The molecule has 0 bridgehead atoms. The van der Waals surface area contributed by atoms with Gasteiger partial charge in [-0.15, -0.1) is 22.7 Å². The largest absolute Gasteiger partial charge is 0.340 e. The average molecular weight is 1030 g/mol. The van der Waals surface area contributed by atoms with Gasteiger partial charge in [-0.2, -0.15) is 0 Å². The first kappa shape index (κ1) is 56.8. The summed E-state index contributed by atoms with van der Waals surface area (Å²) in [7, 11) is 0. The Morgan fingerprint density at radius 2 is 0.836 bits per heavy atom. The number of benzene rings is 2. The number of nitrogens with zero attached hydrogens (tertiary/aromatic N) is 3. The number of amides is 2. The molecule has 7 rings (SSSR count). The third-order valence-corrected chi connectivity index (χ3v) is 18.4. The molecule has 0 saturated heterocycles. The second-order valence-electron chi connectivity index (χ2n) is 22.4. The molecule has 398 valence electrons. The Hall–Kier alpha value is -3.94. The Balaban J connectivity index is 1.30. The minimum Gasteiger partial charge on any atom is -0.340 e. The number of aryl methyl sites for hydroxylation is 3. The van der Waals surface area contributed by atoms with Crippen molar-refractivity contribution in [2.24, 2.45) is 11.8 Å². The van der Waals surface area contributed by atoms with Gasteiger partial charge in [-0.25, -0.2) is 0 Å². The van der Waals surface area contributed by atoms with Gasteiger partial charge in [0.25, 0.3) is 11.8 Å². The number of carbonyl (C=O) groups is 2. The number of hydrogen-bond donors (Lipinski definition) is 0. The van der Waals surface area contributed by atoms with Crippen LogP contribution in [0.15, 0.2) is 71.8 Å². The van der Waals surface area contributed by atoms with E-state index in [1.54, 1.807) is 22.7 Å². The van der Waals surface area contributed by atoms with Gasteiger partial charge in [0.2, 0.25) is 0 Å². The smallest absolute Gasteiger partial charge is 0.261 e. The molecule has 2 unspecified atom stereocenters. The molecule has 2 aromatic carbocycles. The lowest BCUT2D eigenvalue weighted by Crippen LogP contribution is -2.34. The van der Waals surface area contributed by atoms with Gasteiger partial charge in [-0.3, -0.25) is 9.59 Å². The molecular formula is C66H95N3O2S2. The Morgan fingerprint density at radius 1 is 0.425 bits per heavy atom. The lowest BCUT2D eigenvalue weighted by Gasteiger charge is -2.29. The third kappa shape index (κ3) is 14.7. The highest BCUT2D eigenvalue weighted by molar-refractivity contribution is 7.16. The van der Waals surface area contributed by atoms with Crippen molar-refractivity contribution in [2.75, 3.05) is 13.1 Å². The average Bonchev–Trinajstić information content (AvgIpc) is 4.22. The minimum absolute atomic E-state index is 0.0399. The number of fused-ring (bicyclic) bond motifs is 4. The highest BCUT2D eigenvalue weighted by Gasteiger charge is 2.50. The Bertz CT molecular complexity index is 2590. The molecule has 7 heteroatoms. The monoisotopic (exact) mass is 1030 g/mol. The van der Waals surface area contributed by atoms with Crippen LogP contribution in [0.25, 0.3) is 43.6 Å². The highest BCUT2D eigenvalue weighted by Crippen LogP contribution is 2.50. The number of aromatic nitrogens is 1. The van der Waals surface area contributed by atoms with E-state index in [4.69, 9.17) is 0 Å². The van der Waals surface area contributed by atoms with Crippen molar-refractivity contribution in [3.05, 3.63) is 92.0 Å². The fourth-order valence-electron chi connectivity index (χ4n) is 12.1. The second-order valence-corrected chi connectivity index (χ2v) is 24.7. The van der Waals surface area contributed by atoms with Gasteiger partial charge in [0, 0.05) is 51.2 Å². The van der Waals surface area contributed by atoms with Gasteiger partial charge in [0.05, 0.1) is 32.3 Å². The minimum atomic E-state index is 0.0399. The van der Waals surface area contributed by atoms with Crippen molar-refractivity contribution in [1.82, 2.24) is 14.4 Å². The zero-order valence-electron chi connectivity index (χ0n) is 46.8. The summed E-state index contributed by atoms with van der Waals surface area (Å²) in [5, 5.41) is 2.63. The number of rotatable bonds is 36. The van der Waals surface area contributed by atoms with Gasteiger partial charge in [-0.1, -0.05) is 207 Å². The zero-order chi connectivity index (χ0) is 51.5. The number of unbranched alkanes of at least 4 members (excludes halogenated alkanes) is 19. The molecule has 0 radical (unpaired) electrons. The molecule has 0 N–H and O–H groups in total. The standard InChI is InChI=1S/C66H95N3O2S2/c1-8-13-18-23-25-29-34-51(32-27-20-15-10-3)47-68-63(59-41-37-50(7)72-59)61-62(66(68)71)64(69(65(61)70)48-52(33-28-21-16-11-4)35-30-26-24-19-14-9-2)60-43-42-58(73-60)53-38-40-55-54-39-36-49(6)45-56(54)67(57(55)46-53)44-31-22-17-12-5/h36-43,45-46,51-52H,8-35,44,47-48H2,1-7H3. The predicted octanol–water partition coefficient (Wildman–Crippen LogP) is 20.3. The first-order valence-electron chi connectivity index (χ1n) is 30.0. The van der Waals surface area contributed by atoms with Crippen LogP contribution in [0.5, 0.6) is 0 Å². The lowest BCUT2D eigenvalue weighted by molar-refractivity contribution is -0.124. The van der Waals surface area contributed by atoms with E-state index < -0.39 is 0 Å². The molecule has 5 aromatic rings. The summed E-state index contributed by atoms with van der Waals surface area (Å²) in [6.07, 6.45) is 34.5. The van der Waals surface area contributed by atoms with Gasteiger partial charge < -0.3 is 14.4 Å². The molecule has 2 atom stereocenters. The summed E-state index contributed by atoms with van der Waals surface area (Å²) in [5.41, 5.74) is 8.17. The van der Waals surface area contributed by atoms with Gasteiger partial charge in [-0.05, 0) is 105 Å². The molecule has 0 saturated carbocycles. The molecular weight excluding hydrogens is 931 g/mol.